The maximum absolute atomic E-state index is 14.0. The average molecular weight is 301 g/mol. The Bertz CT molecular complexity index is 650. The topological polar surface area (TPSA) is 56.1 Å². The zero-order valence-corrected chi connectivity index (χ0v) is 12.9. The van der Waals surface area contributed by atoms with Gasteiger partial charge in [-0.3, -0.25) is 4.79 Å². The first-order chi connectivity index (χ1) is 10.4. The molecule has 0 bridgehead atoms. The second-order valence-corrected chi connectivity index (χ2v) is 6.96. The molecule has 0 spiro atoms. The van der Waals surface area contributed by atoms with E-state index in [0.717, 1.165) is 12.8 Å². The van der Waals surface area contributed by atoms with Crippen molar-refractivity contribution in [1.82, 2.24) is 5.32 Å². The van der Waals surface area contributed by atoms with E-state index in [2.05, 4.69) is 19.2 Å². The molecule has 4 nitrogen and oxygen atoms in total. The van der Waals surface area contributed by atoms with Crippen LogP contribution >= 0.6 is 0 Å². The van der Waals surface area contributed by atoms with Gasteiger partial charge >= 0.3 is 0 Å². The monoisotopic (exact) mass is 301 g/mol. The van der Waals surface area contributed by atoms with Crippen molar-refractivity contribution in [2.75, 3.05) is 18.0 Å². The van der Waals surface area contributed by atoms with Gasteiger partial charge in [-0.15, -0.1) is 0 Å². The van der Waals surface area contributed by atoms with Crippen molar-refractivity contribution in [3.8, 4) is 6.07 Å². The Balaban J connectivity index is 1.63. The highest BCUT2D eigenvalue weighted by Crippen LogP contribution is 2.44. The van der Waals surface area contributed by atoms with Crippen LogP contribution in [0.25, 0.3) is 0 Å². The summed E-state index contributed by atoms with van der Waals surface area (Å²) in [4.78, 5) is 14.2. The van der Waals surface area contributed by atoms with Crippen LogP contribution in [-0.4, -0.2) is 25.0 Å². The molecular formula is C17H20FN3O. The highest BCUT2D eigenvalue weighted by Gasteiger charge is 2.47. The maximum atomic E-state index is 14.0. The van der Waals surface area contributed by atoms with Crippen LogP contribution in [0.2, 0.25) is 0 Å². The first-order valence-electron chi connectivity index (χ1n) is 7.66. The van der Waals surface area contributed by atoms with Crippen molar-refractivity contribution in [3.63, 3.8) is 0 Å². The molecule has 3 rings (SSSR count). The number of hydrogen-bond acceptors (Lipinski definition) is 3. The Labute approximate surface area is 129 Å². The fraction of sp³-hybridized carbons (Fsp3) is 0.529. The lowest BCUT2D eigenvalue weighted by Crippen LogP contribution is -2.35. The van der Waals surface area contributed by atoms with Gasteiger partial charge in [0.05, 0.1) is 23.2 Å². The molecule has 1 aromatic rings. The van der Waals surface area contributed by atoms with Crippen molar-refractivity contribution >= 4 is 11.6 Å². The van der Waals surface area contributed by atoms with Gasteiger partial charge in [-0.2, -0.15) is 5.26 Å². The molecular weight excluding hydrogens is 281 g/mol. The number of carbonyl (C=O) groups is 1. The van der Waals surface area contributed by atoms with E-state index in [4.69, 9.17) is 5.26 Å². The zero-order valence-electron chi connectivity index (χ0n) is 12.9. The van der Waals surface area contributed by atoms with Crippen LogP contribution in [0.1, 0.15) is 32.3 Å². The molecule has 22 heavy (non-hydrogen) atoms. The highest BCUT2D eigenvalue weighted by molar-refractivity contribution is 5.81. The highest BCUT2D eigenvalue weighted by atomic mass is 19.1. The summed E-state index contributed by atoms with van der Waals surface area (Å²) in [6, 6.07) is 6.68. The van der Waals surface area contributed by atoms with Crippen LogP contribution < -0.4 is 10.2 Å². The average Bonchev–Trinajstić information content (AvgIpc) is 2.90. The summed E-state index contributed by atoms with van der Waals surface area (Å²) in [7, 11) is 0. The third-order valence-electron chi connectivity index (χ3n) is 4.81. The summed E-state index contributed by atoms with van der Waals surface area (Å²) < 4.78 is 14.0. The lowest BCUT2D eigenvalue weighted by Gasteiger charge is -2.19. The molecule has 1 saturated carbocycles. The Morgan fingerprint density at radius 2 is 2.23 bits per heavy atom. The summed E-state index contributed by atoms with van der Waals surface area (Å²) in [6.07, 6.45) is 1.76. The van der Waals surface area contributed by atoms with Gasteiger partial charge in [0, 0.05) is 19.1 Å². The van der Waals surface area contributed by atoms with Gasteiger partial charge in [0.1, 0.15) is 5.82 Å². The van der Waals surface area contributed by atoms with Crippen molar-refractivity contribution < 1.29 is 9.18 Å². The summed E-state index contributed by atoms with van der Waals surface area (Å²) in [5, 5.41) is 11.9. The summed E-state index contributed by atoms with van der Waals surface area (Å²) in [5.74, 6) is -0.415. The van der Waals surface area contributed by atoms with Gasteiger partial charge in [-0.05, 0) is 36.5 Å². The largest absolute Gasteiger partial charge is 0.368 e. The first-order valence-corrected chi connectivity index (χ1v) is 7.66. The number of anilines is 1. The SMILES string of the molecule is CC1(C)C[C@@H]1NC(=O)C1CCN(c2ccc(C#N)cc2F)C1. The van der Waals surface area contributed by atoms with E-state index < -0.39 is 5.82 Å². The van der Waals surface area contributed by atoms with Crippen molar-refractivity contribution in [2.24, 2.45) is 11.3 Å². The normalized spacial score (nSPS) is 25.6. The Hall–Kier alpha value is -2.09. The summed E-state index contributed by atoms with van der Waals surface area (Å²) >= 11 is 0. The Morgan fingerprint density at radius 1 is 1.50 bits per heavy atom. The van der Waals surface area contributed by atoms with Gasteiger partial charge in [0.15, 0.2) is 0 Å². The van der Waals surface area contributed by atoms with Gasteiger partial charge in [-0.25, -0.2) is 4.39 Å². The number of amides is 1. The van der Waals surface area contributed by atoms with Gasteiger partial charge < -0.3 is 10.2 Å². The summed E-state index contributed by atoms with van der Waals surface area (Å²) in [5.41, 5.74) is 0.999. The van der Waals surface area contributed by atoms with Gasteiger partial charge in [-0.1, -0.05) is 13.8 Å². The van der Waals surface area contributed by atoms with E-state index in [1.165, 1.54) is 6.07 Å². The predicted molar refractivity (Wildman–Crippen MR) is 81.8 cm³/mol. The third-order valence-corrected chi connectivity index (χ3v) is 4.81. The molecule has 5 heteroatoms. The molecule has 1 amide bonds. The number of halogens is 1. The second-order valence-electron chi connectivity index (χ2n) is 6.96. The third kappa shape index (κ3) is 2.78. The van der Waals surface area contributed by atoms with Crippen molar-refractivity contribution in [3.05, 3.63) is 29.6 Å². The quantitative estimate of drug-likeness (QED) is 0.933. The number of nitrogens with zero attached hydrogens (tertiary/aromatic N) is 2. The molecule has 0 radical (unpaired) electrons. The molecule has 1 heterocycles. The number of hydrogen-bond donors (Lipinski definition) is 1. The summed E-state index contributed by atoms with van der Waals surface area (Å²) in [6.45, 7) is 5.48. The van der Waals surface area contributed by atoms with Crippen LogP contribution in [0.15, 0.2) is 18.2 Å². The van der Waals surface area contributed by atoms with Crippen molar-refractivity contribution in [1.29, 1.82) is 5.26 Å². The smallest absolute Gasteiger partial charge is 0.225 e. The molecule has 1 aliphatic heterocycles. The molecule has 2 aliphatic rings. The van der Waals surface area contributed by atoms with Crippen molar-refractivity contribution in [2.45, 2.75) is 32.7 Å². The number of nitrogens with one attached hydrogen (secondary N) is 1. The predicted octanol–water partition coefficient (Wildman–Crippen LogP) is 2.44. The van der Waals surface area contributed by atoms with Gasteiger partial charge in [0.2, 0.25) is 5.91 Å². The van der Waals surface area contributed by atoms with E-state index in [-0.39, 0.29) is 23.3 Å². The van der Waals surface area contributed by atoms with Gasteiger partial charge in [0.25, 0.3) is 0 Å². The molecule has 1 aliphatic carbocycles. The van der Waals surface area contributed by atoms with E-state index in [1.807, 2.05) is 11.0 Å². The first kappa shape index (κ1) is 14.8. The Morgan fingerprint density at radius 3 is 2.82 bits per heavy atom. The molecule has 116 valence electrons. The minimum atomic E-state index is -0.400. The lowest BCUT2D eigenvalue weighted by atomic mass is 10.1. The molecule has 2 fully saturated rings. The Kier molecular flexibility index (Phi) is 3.56. The number of rotatable bonds is 3. The van der Waals surface area contributed by atoms with Crippen LogP contribution in [0, 0.1) is 28.5 Å². The number of benzene rings is 1. The number of nitriles is 1. The van der Waals surface area contributed by atoms with Crippen LogP contribution in [-0.2, 0) is 4.79 Å². The standard InChI is InChI=1S/C17H20FN3O/c1-17(2)8-15(17)20-16(22)12-5-6-21(10-12)14-4-3-11(9-19)7-13(14)18/h3-4,7,12,15H,5-6,8,10H2,1-2H3,(H,20,22)/t12?,15-/m0/s1. The van der Waals surface area contributed by atoms with Crippen LogP contribution in [0.5, 0.6) is 0 Å². The molecule has 1 saturated heterocycles. The molecule has 0 aromatic heterocycles. The molecule has 2 atom stereocenters. The van der Waals surface area contributed by atoms with Crippen LogP contribution in [0.4, 0.5) is 10.1 Å². The van der Waals surface area contributed by atoms with E-state index in [9.17, 15) is 9.18 Å². The second kappa shape index (κ2) is 5.28. The number of carbonyl (C=O) groups excluding carboxylic acids is 1. The molecule has 1 N–H and O–H groups in total. The molecule has 1 unspecified atom stereocenters. The fourth-order valence-electron chi connectivity index (χ4n) is 3.03. The zero-order chi connectivity index (χ0) is 15.9. The molecule has 1 aromatic carbocycles. The van der Waals surface area contributed by atoms with E-state index >= 15 is 0 Å². The minimum absolute atomic E-state index is 0.0760. The lowest BCUT2D eigenvalue weighted by molar-refractivity contribution is -0.124. The van der Waals surface area contributed by atoms with Crippen LogP contribution in [0.3, 0.4) is 0 Å². The minimum Gasteiger partial charge on any atom is -0.368 e. The maximum Gasteiger partial charge on any atom is 0.225 e. The van der Waals surface area contributed by atoms with E-state index in [0.29, 0.717) is 24.3 Å². The fourth-order valence-corrected chi connectivity index (χ4v) is 3.03. The van der Waals surface area contributed by atoms with E-state index in [1.54, 1.807) is 12.1 Å².